The Kier molecular flexibility index (Phi) is 5.64. The molecule has 3 aromatic rings. The minimum absolute atomic E-state index is 0.1000. The first-order valence-corrected chi connectivity index (χ1v) is 8.99. The second kappa shape index (κ2) is 7.83. The second-order valence-corrected chi connectivity index (χ2v) is 6.40. The first-order valence-electron chi connectivity index (χ1n) is 8.61. The standard InChI is InChI=1S/C18H18ClF3N4O2/c1-4-10(5-2)26-9-23-16-17(26)25-15(19)14(24-16)12-7-6-11(8-13(12)27-3)28-18(20,21)22/h6-10H,4-5H2,1-3H3. The van der Waals surface area contributed by atoms with Gasteiger partial charge in [0.1, 0.15) is 17.2 Å². The predicted octanol–water partition coefficient (Wildman–Crippen LogP) is 5.42. The normalized spacial score (nSPS) is 12.0. The summed E-state index contributed by atoms with van der Waals surface area (Å²) in [5.41, 5.74) is 1.59. The molecule has 10 heteroatoms. The SMILES string of the molecule is CCC(CC)n1cnc2nc(-c3ccc(OC(F)(F)F)cc3OC)c(Cl)nc21. The number of aromatic nitrogens is 4. The van der Waals surface area contributed by atoms with Crippen LogP contribution in [0.3, 0.4) is 0 Å². The molecular formula is C18H18ClF3N4O2. The van der Waals surface area contributed by atoms with Crippen LogP contribution >= 0.6 is 11.6 Å². The summed E-state index contributed by atoms with van der Waals surface area (Å²) in [4.78, 5) is 13.2. The van der Waals surface area contributed by atoms with E-state index in [1.54, 1.807) is 6.33 Å². The van der Waals surface area contributed by atoms with Gasteiger partial charge >= 0.3 is 6.36 Å². The van der Waals surface area contributed by atoms with Gasteiger partial charge in [0, 0.05) is 17.7 Å². The lowest BCUT2D eigenvalue weighted by molar-refractivity contribution is -0.274. The van der Waals surface area contributed by atoms with Gasteiger partial charge in [-0.3, -0.25) is 0 Å². The van der Waals surface area contributed by atoms with Crippen LogP contribution < -0.4 is 9.47 Å². The molecule has 0 aliphatic heterocycles. The van der Waals surface area contributed by atoms with Crippen molar-refractivity contribution in [1.82, 2.24) is 19.5 Å². The quantitative estimate of drug-likeness (QED) is 0.539. The van der Waals surface area contributed by atoms with E-state index in [2.05, 4.69) is 33.5 Å². The predicted molar refractivity (Wildman–Crippen MR) is 98.6 cm³/mol. The van der Waals surface area contributed by atoms with E-state index in [1.165, 1.54) is 13.2 Å². The van der Waals surface area contributed by atoms with Crippen LogP contribution in [0.15, 0.2) is 24.5 Å². The molecule has 0 fully saturated rings. The van der Waals surface area contributed by atoms with Crippen molar-refractivity contribution in [1.29, 1.82) is 0 Å². The lowest BCUT2D eigenvalue weighted by atomic mass is 10.1. The lowest BCUT2D eigenvalue weighted by Crippen LogP contribution is -2.17. The number of hydrogen-bond acceptors (Lipinski definition) is 5. The Labute approximate surface area is 164 Å². The van der Waals surface area contributed by atoms with E-state index in [4.69, 9.17) is 16.3 Å². The molecule has 2 heterocycles. The van der Waals surface area contributed by atoms with Crippen molar-refractivity contribution < 1.29 is 22.6 Å². The fourth-order valence-corrected chi connectivity index (χ4v) is 3.24. The van der Waals surface area contributed by atoms with Crippen molar-refractivity contribution in [3.8, 4) is 22.8 Å². The number of fused-ring (bicyclic) bond motifs is 1. The Morgan fingerprint density at radius 1 is 1.18 bits per heavy atom. The molecule has 3 rings (SSSR count). The number of alkyl halides is 3. The molecule has 0 radical (unpaired) electrons. The highest BCUT2D eigenvalue weighted by Crippen LogP contribution is 2.37. The van der Waals surface area contributed by atoms with Crippen LogP contribution in [0.5, 0.6) is 11.5 Å². The summed E-state index contributed by atoms with van der Waals surface area (Å²) < 4.78 is 48.4. The third kappa shape index (κ3) is 3.99. The number of methoxy groups -OCH3 is 1. The number of ether oxygens (including phenoxy) is 2. The number of halogens is 4. The van der Waals surface area contributed by atoms with E-state index in [-0.39, 0.29) is 22.6 Å². The largest absolute Gasteiger partial charge is 0.573 e. The Hall–Kier alpha value is -2.55. The van der Waals surface area contributed by atoms with Crippen LogP contribution in [0, 0.1) is 0 Å². The zero-order valence-corrected chi connectivity index (χ0v) is 16.2. The summed E-state index contributed by atoms with van der Waals surface area (Å²) in [5.74, 6) is -0.284. The molecule has 0 aliphatic rings. The number of nitrogens with zero attached hydrogens (tertiary/aromatic N) is 4. The summed E-state index contributed by atoms with van der Waals surface area (Å²) >= 11 is 6.35. The van der Waals surface area contributed by atoms with E-state index in [9.17, 15) is 13.2 Å². The Morgan fingerprint density at radius 3 is 2.50 bits per heavy atom. The minimum atomic E-state index is -4.80. The summed E-state index contributed by atoms with van der Waals surface area (Å²) in [6, 6.07) is 3.89. The lowest BCUT2D eigenvalue weighted by Gasteiger charge is -2.15. The molecule has 0 unspecified atom stereocenters. The Balaban J connectivity index is 2.07. The van der Waals surface area contributed by atoms with Gasteiger partial charge in [-0.2, -0.15) is 0 Å². The van der Waals surface area contributed by atoms with Gasteiger partial charge in [0.25, 0.3) is 0 Å². The first-order chi connectivity index (χ1) is 13.3. The van der Waals surface area contributed by atoms with E-state index in [1.807, 2.05) is 4.57 Å². The van der Waals surface area contributed by atoms with Crippen molar-refractivity contribution in [2.24, 2.45) is 0 Å². The average molecular weight is 415 g/mol. The maximum Gasteiger partial charge on any atom is 0.573 e. The topological polar surface area (TPSA) is 62.1 Å². The summed E-state index contributed by atoms with van der Waals surface area (Å²) in [7, 11) is 1.33. The minimum Gasteiger partial charge on any atom is -0.496 e. The fraction of sp³-hybridized carbons (Fsp3) is 0.389. The van der Waals surface area contributed by atoms with Crippen molar-refractivity contribution in [3.63, 3.8) is 0 Å². The molecule has 0 spiro atoms. The van der Waals surface area contributed by atoms with Crippen LogP contribution in [-0.4, -0.2) is 33.0 Å². The van der Waals surface area contributed by atoms with Crippen molar-refractivity contribution in [3.05, 3.63) is 29.7 Å². The third-order valence-corrected chi connectivity index (χ3v) is 4.63. The number of benzene rings is 1. The van der Waals surface area contributed by atoms with Gasteiger partial charge in [-0.05, 0) is 25.0 Å². The van der Waals surface area contributed by atoms with Gasteiger partial charge in [-0.15, -0.1) is 13.2 Å². The van der Waals surface area contributed by atoms with E-state index < -0.39 is 12.1 Å². The maximum absolute atomic E-state index is 12.4. The molecule has 150 valence electrons. The molecule has 6 nitrogen and oxygen atoms in total. The monoisotopic (exact) mass is 414 g/mol. The van der Waals surface area contributed by atoms with Crippen LogP contribution in [-0.2, 0) is 0 Å². The van der Waals surface area contributed by atoms with E-state index >= 15 is 0 Å². The van der Waals surface area contributed by atoms with E-state index in [0.717, 1.165) is 25.0 Å². The second-order valence-electron chi connectivity index (χ2n) is 6.04. The highest BCUT2D eigenvalue weighted by molar-refractivity contribution is 6.32. The molecule has 0 saturated carbocycles. The fourth-order valence-electron chi connectivity index (χ4n) is 3.01. The zero-order valence-electron chi connectivity index (χ0n) is 15.4. The van der Waals surface area contributed by atoms with Crippen molar-refractivity contribution in [2.45, 2.75) is 39.1 Å². The molecule has 28 heavy (non-hydrogen) atoms. The molecular weight excluding hydrogens is 397 g/mol. The highest BCUT2D eigenvalue weighted by atomic mass is 35.5. The van der Waals surface area contributed by atoms with Gasteiger partial charge in [0.2, 0.25) is 0 Å². The summed E-state index contributed by atoms with van der Waals surface area (Å²) in [5, 5.41) is 0.1000. The molecule has 0 atom stereocenters. The van der Waals surface area contributed by atoms with Gasteiger partial charge in [-0.25, -0.2) is 15.0 Å². The molecule has 0 aliphatic carbocycles. The third-order valence-electron chi connectivity index (χ3n) is 4.36. The van der Waals surface area contributed by atoms with Crippen LogP contribution in [0.1, 0.15) is 32.7 Å². The molecule has 2 aromatic heterocycles. The van der Waals surface area contributed by atoms with Crippen LogP contribution in [0.25, 0.3) is 22.6 Å². The van der Waals surface area contributed by atoms with Crippen molar-refractivity contribution >= 4 is 22.9 Å². The highest BCUT2D eigenvalue weighted by Gasteiger charge is 2.31. The van der Waals surface area contributed by atoms with E-state index in [0.29, 0.717) is 16.9 Å². The summed E-state index contributed by atoms with van der Waals surface area (Å²) in [6.07, 6.45) is -1.33. The van der Waals surface area contributed by atoms with Crippen LogP contribution in [0.2, 0.25) is 5.15 Å². The number of rotatable bonds is 6. The molecule has 0 amide bonds. The molecule has 0 bridgehead atoms. The van der Waals surface area contributed by atoms with Gasteiger partial charge in [0.15, 0.2) is 16.4 Å². The smallest absolute Gasteiger partial charge is 0.496 e. The summed E-state index contributed by atoms with van der Waals surface area (Å²) in [6.45, 7) is 4.14. The Bertz CT molecular complexity index is 987. The van der Waals surface area contributed by atoms with Gasteiger partial charge < -0.3 is 14.0 Å². The molecule has 1 aromatic carbocycles. The average Bonchev–Trinajstić information content (AvgIpc) is 3.03. The molecule has 0 N–H and O–H groups in total. The van der Waals surface area contributed by atoms with Crippen LogP contribution in [0.4, 0.5) is 13.2 Å². The number of hydrogen-bond donors (Lipinski definition) is 0. The molecule has 0 saturated heterocycles. The maximum atomic E-state index is 12.4. The van der Waals surface area contributed by atoms with Gasteiger partial charge in [-0.1, -0.05) is 25.4 Å². The zero-order chi connectivity index (χ0) is 20.5. The van der Waals surface area contributed by atoms with Crippen molar-refractivity contribution in [2.75, 3.05) is 7.11 Å². The van der Waals surface area contributed by atoms with Gasteiger partial charge in [0.05, 0.1) is 13.4 Å². The Morgan fingerprint density at radius 2 is 1.89 bits per heavy atom. The first kappa shape index (κ1) is 20.2. The number of imidazole rings is 1.